The minimum atomic E-state index is -0.721. The first-order chi connectivity index (χ1) is 11.5. The summed E-state index contributed by atoms with van der Waals surface area (Å²) in [5, 5.41) is 9.29. The molecule has 128 valence electrons. The maximum absolute atomic E-state index is 11.3. The van der Waals surface area contributed by atoms with Gasteiger partial charge >= 0.3 is 5.97 Å². The van der Waals surface area contributed by atoms with Crippen molar-refractivity contribution < 1.29 is 9.90 Å². The van der Waals surface area contributed by atoms with Crippen LogP contribution in [0.5, 0.6) is 0 Å². The van der Waals surface area contributed by atoms with E-state index in [1.165, 1.54) is 9.13 Å². The third-order valence-electron chi connectivity index (χ3n) is 4.66. The molecule has 4 nitrogen and oxygen atoms in total. The summed E-state index contributed by atoms with van der Waals surface area (Å²) in [5.41, 5.74) is 3.50. The number of aromatic nitrogens is 2. The minimum Gasteiger partial charge on any atom is -0.481 e. The Morgan fingerprint density at radius 1 is 1.38 bits per heavy atom. The van der Waals surface area contributed by atoms with Crippen LogP contribution in [0.3, 0.4) is 0 Å². The van der Waals surface area contributed by atoms with E-state index < -0.39 is 5.97 Å². The molecule has 1 aromatic heterocycles. The Morgan fingerprint density at radius 3 is 2.71 bits per heavy atom. The molecule has 1 atom stereocenters. The lowest BCUT2D eigenvalue weighted by Crippen LogP contribution is -2.18. The zero-order chi connectivity index (χ0) is 17.3. The van der Waals surface area contributed by atoms with Crippen molar-refractivity contribution in [1.29, 1.82) is 0 Å². The highest BCUT2D eigenvalue weighted by Crippen LogP contribution is 2.36. The standard InChI is InChI=1S/C19H23IN2O2/c1-12(2)19-21-16-5-3-4-14(10-17(23)24)18(16)22(19)11-13-6-8-15(20)9-7-13/h6-9,12,14H,3-5,10-11H2,1-2H3,(H,23,24). The summed E-state index contributed by atoms with van der Waals surface area (Å²) in [6.45, 7) is 5.08. The van der Waals surface area contributed by atoms with Crippen molar-refractivity contribution in [3.8, 4) is 0 Å². The summed E-state index contributed by atoms with van der Waals surface area (Å²) in [4.78, 5) is 16.2. The lowest BCUT2D eigenvalue weighted by molar-refractivity contribution is -0.137. The number of aliphatic carboxylic acids is 1. The lowest BCUT2D eigenvalue weighted by Gasteiger charge is -2.24. The van der Waals surface area contributed by atoms with Crippen LogP contribution in [0.1, 0.15) is 67.7 Å². The van der Waals surface area contributed by atoms with Crippen LogP contribution in [-0.2, 0) is 17.8 Å². The molecule has 24 heavy (non-hydrogen) atoms. The van der Waals surface area contributed by atoms with Crippen LogP contribution < -0.4 is 0 Å². The van der Waals surface area contributed by atoms with Crippen molar-refractivity contribution in [2.75, 3.05) is 0 Å². The summed E-state index contributed by atoms with van der Waals surface area (Å²) in [5.74, 6) is 0.761. The fourth-order valence-electron chi connectivity index (χ4n) is 3.62. The largest absolute Gasteiger partial charge is 0.481 e. The Balaban J connectivity index is 2.03. The van der Waals surface area contributed by atoms with Gasteiger partial charge in [0.1, 0.15) is 5.82 Å². The van der Waals surface area contributed by atoms with E-state index in [1.54, 1.807) is 0 Å². The molecule has 1 heterocycles. The molecule has 5 heteroatoms. The number of nitrogens with zero attached hydrogens (tertiary/aromatic N) is 2. The number of aryl methyl sites for hydroxylation is 1. The minimum absolute atomic E-state index is 0.0788. The number of benzene rings is 1. The van der Waals surface area contributed by atoms with E-state index in [-0.39, 0.29) is 12.3 Å². The van der Waals surface area contributed by atoms with Gasteiger partial charge in [-0.3, -0.25) is 4.79 Å². The van der Waals surface area contributed by atoms with E-state index in [2.05, 4.69) is 65.3 Å². The maximum atomic E-state index is 11.3. The molecule has 1 aliphatic carbocycles. The van der Waals surface area contributed by atoms with Crippen LogP contribution in [0.4, 0.5) is 0 Å². The molecule has 1 aliphatic rings. The Hall–Kier alpha value is -1.37. The van der Waals surface area contributed by atoms with Gasteiger partial charge in [-0.05, 0) is 59.5 Å². The van der Waals surface area contributed by atoms with Gasteiger partial charge in [0.25, 0.3) is 0 Å². The smallest absolute Gasteiger partial charge is 0.304 e. The van der Waals surface area contributed by atoms with Crippen LogP contribution >= 0.6 is 22.6 Å². The summed E-state index contributed by atoms with van der Waals surface area (Å²) in [7, 11) is 0. The third-order valence-corrected chi connectivity index (χ3v) is 5.38. The van der Waals surface area contributed by atoms with Crippen molar-refractivity contribution in [3.05, 3.63) is 50.6 Å². The molecule has 2 aromatic rings. The Labute approximate surface area is 156 Å². The predicted octanol–water partition coefficient (Wildman–Crippen LogP) is 4.55. The first-order valence-electron chi connectivity index (χ1n) is 8.51. The number of carboxylic acid groups (broad SMARTS) is 1. The first-order valence-corrected chi connectivity index (χ1v) is 9.59. The second kappa shape index (κ2) is 7.25. The number of carbonyl (C=O) groups is 1. The van der Waals surface area contributed by atoms with Crippen LogP contribution in [0, 0.1) is 3.57 Å². The van der Waals surface area contributed by atoms with Crippen LogP contribution in [0.15, 0.2) is 24.3 Å². The normalized spacial score (nSPS) is 17.1. The molecule has 0 spiro atoms. The van der Waals surface area contributed by atoms with E-state index in [4.69, 9.17) is 4.98 Å². The number of imidazole rings is 1. The van der Waals surface area contributed by atoms with Crippen molar-refractivity contribution in [3.63, 3.8) is 0 Å². The van der Waals surface area contributed by atoms with Gasteiger partial charge in [-0.1, -0.05) is 26.0 Å². The van der Waals surface area contributed by atoms with Gasteiger partial charge in [-0.25, -0.2) is 4.98 Å². The SMILES string of the molecule is CC(C)c1nc2c(n1Cc1ccc(I)cc1)C(CC(=O)O)CCC2. The van der Waals surface area contributed by atoms with E-state index in [9.17, 15) is 9.90 Å². The number of hydrogen-bond donors (Lipinski definition) is 1. The average Bonchev–Trinajstić information content (AvgIpc) is 2.89. The highest BCUT2D eigenvalue weighted by molar-refractivity contribution is 14.1. The number of fused-ring (bicyclic) bond motifs is 1. The number of hydrogen-bond acceptors (Lipinski definition) is 2. The fourth-order valence-corrected chi connectivity index (χ4v) is 3.98. The van der Waals surface area contributed by atoms with Gasteiger partial charge < -0.3 is 9.67 Å². The maximum Gasteiger partial charge on any atom is 0.304 e. The van der Waals surface area contributed by atoms with E-state index in [0.29, 0.717) is 5.92 Å². The highest BCUT2D eigenvalue weighted by atomic mass is 127. The second-order valence-corrected chi connectivity index (χ2v) is 8.10. The molecule has 0 fully saturated rings. The molecule has 1 aromatic carbocycles. The molecular formula is C19H23IN2O2. The molecule has 0 aliphatic heterocycles. The summed E-state index contributed by atoms with van der Waals surface area (Å²) in [6, 6.07) is 8.52. The molecule has 0 bridgehead atoms. The Bertz CT molecular complexity index is 735. The molecule has 0 radical (unpaired) electrons. The van der Waals surface area contributed by atoms with Gasteiger partial charge in [0.05, 0.1) is 12.1 Å². The highest BCUT2D eigenvalue weighted by Gasteiger charge is 2.30. The molecule has 1 N–H and O–H groups in total. The number of halogens is 1. The number of rotatable bonds is 5. The zero-order valence-electron chi connectivity index (χ0n) is 14.1. The molecule has 3 rings (SSSR count). The Morgan fingerprint density at radius 2 is 2.08 bits per heavy atom. The van der Waals surface area contributed by atoms with Crippen LogP contribution in [-0.4, -0.2) is 20.6 Å². The molecule has 1 unspecified atom stereocenters. The van der Waals surface area contributed by atoms with Crippen molar-refractivity contribution in [1.82, 2.24) is 9.55 Å². The van der Waals surface area contributed by atoms with Crippen LogP contribution in [0.25, 0.3) is 0 Å². The van der Waals surface area contributed by atoms with Gasteiger partial charge in [0, 0.05) is 27.6 Å². The first kappa shape index (κ1) is 17.5. The van der Waals surface area contributed by atoms with Gasteiger partial charge in [0.15, 0.2) is 0 Å². The van der Waals surface area contributed by atoms with E-state index >= 15 is 0 Å². The lowest BCUT2D eigenvalue weighted by atomic mass is 9.87. The summed E-state index contributed by atoms with van der Waals surface area (Å²) < 4.78 is 3.51. The van der Waals surface area contributed by atoms with E-state index in [0.717, 1.165) is 43.0 Å². The van der Waals surface area contributed by atoms with Gasteiger partial charge in [0.2, 0.25) is 0 Å². The zero-order valence-corrected chi connectivity index (χ0v) is 16.3. The monoisotopic (exact) mass is 438 g/mol. The van der Waals surface area contributed by atoms with Gasteiger partial charge in [-0.15, -0.1) is 0 Å². The summed E-state index contributed by atoms with van der Waals surface area (Å²) in [6.07, 6.45) is 3.13. The molecule has 0 saturated heterocycles. The van der Waals surface area contributed by atoms with Crippen molar-refractivity contribution in [2.24, 2.45) is 0 Å². The van der Waals surface area contributed by atoms with Crippen molar-refractivity contribution in [2.45, 2.75) is 57.9 Å². The fraction of sp³-hybridized carbons (Fsp3) is 0.474. The summed E-state index contributed by atoms with van der Waals surface area (Å²) >= 11 is 2.31. The predicted molar refractivity (Wildman–Crippen MR) is 103 cm³/mol. The third kappa shape index (κ3) is 3.66. The molecule has 0 saturated carbocycles. The molecular weight excluding hydrogens is 415 g/mol. The molecule has 0 amide bonds. The van der Waals surface area contributed by atoms with Crippen molar-refractivity contribution >= 4 is 28.6 Å². The quantitative estimate of drug-likeness (QED) is 0.697. The Kier molecular flexibility index (Phi) is 5.27. The average molecular weight is 438 g/mol. The van der Waals surface area contributed by atoms with Gasteiger partial charge in [-0.2, -0.15) is 0 Å². The van der Waals surface area contributed by atoms with Crippen LogP contribution in [0.2, 0.25) is 0 Å². The number of carboxylic acids is 1. The van der Waals surface area contributed by atoms with E-state index in [1.807, 2.05) is 0 Å². The topological polar surface area (TPSA) is 55.1 Å². The second-order valence-electron chi connectivity index (χ2n) is 6.86.